The van der Waals surface area contributed by atoms with Gasteiger partial charge in [-0.25, -0.2) is 8.42 Å². The molecule has 0 aliphatic carbocycles. The maximum atomic E-state index is 11.5. The summed E-state index contributed by atoms with van der Waals surface area (Å²) in [5, 5.41) is 3.07. The van der Waals surface area contributed by atoms with Gasteiger partial charge < -0.3 is 5.32 Å². The Morgan fingerprint density at radius 1 is 1.38 bits per heavy atom. The van der Waals surface area contributed by atoms with Crippen molar-refractivity contribution in [2.24, 2.45) is 0 Å². The minimum Gasteiger partial charge on any atom is -0.383 e. The molecule has 3 nitrogen and oxygen atoms in total. The minimum absolute atomic E-state index is 0.00705. The van der Waals surface area contributed by atoms with Crippen LogP contribution in [0.1, 0.15) is 13.3 Å². The van der Waals surface area contributed by atoms with Gasteiger partial charge in [0, 0.05) is 12.8 Å². The summed E-state index contributed by atoms with van der Waals surface area (Å²) in [4.78, 5) is 0.315. The molecule has 1 rings (SSSR count). The third kappa shape index (κ3) is 3.68. The molecule has 5 heteroatoms. The summed E-state index contributed by atoms with van der Waals surface area (Å²) in [6.45, 7) is 2.55. The number of sulfone groups is 1. The zero-order valence-electron chi connectivity index (χ0n) is 9.40. The van der Waals surface area contributed by atoms with Crippen LogP contribution >= 0.6 is 11.6 Å². The average Bonchev–Trinajstić information content (AvgIpc) is 2.25. The molecule has 90 valence electrons. The summed E-state index contributed by atoms with van der Waals surface area (Å²) >= 11 is 5.97. The van der Waals surface area contributed by atoms with Gasteiger partial charge in [-0.2, -0.15) is 0 Å². The van der Waals surface area contributed by atoms with Gasteiger partial charge in [-0.15, -0.1) is 11.6 Å². The molecule has 1 atom stereocenters. The van der Waals surface area contributed by atoms with Gasteiger partial charge in [-0.3, -0.25) is 0 Å². The van der Waals surface area contributed by atoms with Crippen LogP contribution in [0.3, 0.4) is 0 Å². The molecule has 0 aliphatic heterocycles. The van der Waals surface area contributed by atoms with E-state index in [4.69, 9.17) is 11.6 Å². The van der Waals surface area contributed by atoms with Crippen molar-refractivity contribution in [2.45, 2.75) is 23.6 Å². The Bertz CT molecular complexity index is 445. The third-order valence-corrected chi connectivity index (χ3v) is 3.86. The molecule has 0 aliphatic rings. The van der Waals surface area contributed by atoms with Crippen LogP contribution in [0.5, 0.6) is 0 Å². The fraction of sp³-hybridized carbons (Fsp3) is 0.455. The second kappa shape index (κ2) is 5.55. The second-order valence-electron chi connectivity index (χ2n) is 3.65. The summed E-state index contributed by atoms with van der Waals surface area (Å²) in [5.74, 6) is 0. The van der Waals surface area contributed by atoms with Crippen LogP contribution < -0.4 is 5.32 Å². The Hall–Kier alpha value is -0.740. The van der Waals surface area contributed by atoms with E-state index in [0.29, 0.717) is 17.1 Å². The highest BCUT2D eigenvalue weighted by Gasteiger charge is 2.12. The van der Waals surface area contributed by atoms with Crippen LogP contribution in [0, 0.1) is 0 Å². The lowest BCUT2D eigenvalue weighted by Gasteiger charge is -2.12. The Labute approximate surface area is 102 Å². The van der Waals surface area contributed by atoms with E-state index < -0.39 is 9.84 Å². The summed E-state index contributed by atoms with van der Waals surface area (Å²) in [6, 6.07) is 6.84. The van der Waals surface area contributed by atoms with Crippen molar-refractivity contribution in [3.63, 3.8) is 0 Å². The number of nitrogens with one attached hydrogen (secondary N) is 1. The molecule has 0 saturated heterocycles. The lowest BCUT2D eigenvalue weighted by atomic mass is 10.3. The first-order valence-corrected chi connectivity index (χ1v) is 7.45. The van der Waals surface area contributed by atoms with Crippen LogP contribution in [0.15, 0.2) is 29.2 Å². The highest BCUT2D eigenvalue weighted by atomic mass is 35.5. The fourth-order valence-electron chi connectivity index (χ4n) is 1.30. The Kier molecular flexibility index (Phi) is 4.62. The van der Waals surface area contributed by atoms with Gasteiger partial charge in [0.1, 0.15) is 0 Å². The van der Waals surface area contributed by atoms with Crippen LogP contribution in [-0.4, -0.2) is 26.6 Å². The molecule has 0 saturated carbocycles. The standard InChI is InChI=1S/C11H16ClNO2S/c1-3-9(12)8-13-10-6-4-5-7-11(10)16(2,14)15/h4-7,9,13H,3,8H2,1-2H3. The van der Waals surface area contributed by atoms with Gasteiger partial charge in [-0.05, 0) is 18.6 Å². The molecule has 1 unspecified atom stereocenters. The van der Waals surface area contributed by atoms with Gasteiger partial charge in [0.2, 0.25) is 0 Å². The molecule has 0 radical (unpaired) electrons. The highest BCUT2D eigenvalue weighted by molar-refractivity contribution is 7.90. The van der Waals surface area contributed by atoms with E-state index in [9.17, 15) is 8.42 Å². The molecule has 0 spiro atoms. The third-order valence-electron chi connectivity index (χ3n) is 2.24. The molecule has 0 bridgehead atoms. The summed E-state index contributed by atoms with van der Waals surface area (Å²) in [6.07, 6.45) is 2.04. The first-order chi connectivity index (χ1) is 7.45. The van der Waals surface area contributed by atoms with E-state index in [1.165, 1.54) is 6.26 Å². The lowest BCUT2D eigenvalue weighted by molar-refractivity contribution is 0.602. The SMILES string of the molecule is CCC(Cl)CNc1ccccc1S(C)(=O)=O. The summed E-state index contributed by atoms with van der Waals surface area (Å²) in [7, 11) is -3.19. The number of para-hydroxylation sites is 1. The second-order valence-corrected chi connectivity index (χ2v) is 6.26. The highest BCUT2D eigenvalue weighted by Crippen LogP contribution is 2.20. The van der Waals surface area contributed by atoms with E-state index in [0.717, 1.165) is 6.42 Å². The first kappa shape index (κ1) is 13.3. The molecular weight excluding hydrogens is 246 g/mol. The van der Waals surface area contributed by atoms with Crippen LogP contribution in [0.4, 0.5) is 5.69 Å². The molecule has 0 amide bonds. The number of benzene rings is 1. The predicted molar refractivity (Wildman–Crippen MR) is 68.0 cm³/mol. The number of hydrogen-bond donors (Lipinski definition) is 1. The number of halogens is 1. The van der Waals surface area contributed by atoms with E-state index in [1.807, 2.05) is 6.92 Å². The Balaban J connectivity index is 2.88. The van der Waals surface area contributed by atoms with Crippen LogP contribution in [0.25, 0.3) is 0 Å². The van der Waals surface area contributed by atoms with E-state index >= 15 is 0 Å². The van der Waals surface area contributed by atoms with Gasteiger partial charge in [-0.1, -0.05) is 19.1 Å². The largest absolute Gasteiger partial charge is 0.383 e. The average molecular weight is 262 g/mol. The van der Waals surface area contributed by atoms with Crippen molar-refractivity contribution in [3.05, 3.63) is 24.3 Å². The monoisotopic (exact) mass is 261 g/mol. The van der Waals surface area contributed by atoms with Crippen LogP contribution in [-0.2, 0) is 9.84 Å². The van der Waals surface area contributed by atoms with Gasteiger partial charge in [0.15, 0.2) is 9.84 Å². The quantitative estimate of drug-likeness (QED) is 0.829. The minimum atomic E-state index is -3.19. The topological polar surface area (TPSA) is 46.2 Å². The number of hydrogen-bond acceptors (Lipinski definition) is 3. The predicted octanol–water partition coefficient (Wildman–Crippen LogP) is 2.52. The first-order valence-electron chi connectivity index (χ1n) is 5.12. The van der Waals surface area contributed by atoms with Crippen molar-refractivity contribution in [1.82, 2.24) is 0 Å². The summed E-state index contributed by atoms with van der Waals surface area (Å²) in [5.41, 5.74) is 0.615. The summed E-state index contributed by atoms with van der Waals surface area (Å²) < 4.78 is 23.0. The molecule has 16 heavy (non-hydrogen) atoms. The maximum absolute atomic E-state index is 11.5. The molecule has 0 fully saturated rings. The van der Waals surface area contributed by atoms with Gasteiger partial charge in [0.05, 0.1) is 16.0 Å². The molecule has 0 heterocycles. The van der Waals surface area contributed by atoms with Crippen molar-refractivity contribution in [2.75, 3.05) is 18.1 Å². The zero-order chi connectivity index (χ0) is 12.2. The Morgan fingerprint density at radius 2 is 2.00 bits per heavy atom. The van der Waals surface area contributed by atoms with Gasteiger partial charge in [0.25, 0.3) is 0 Å². The van der Waals surface area contributed by atoms with Crippen molar-refractivity contribution in [1.29, 1.82) is 0 Å². The fourth-order valence-corrected chi connectivity index (χ4v) is 2.24. The van der Waals surface area contributed by atoms with E-state index in [1.54, 1.807) is 24.3 Å². The van der Waals surface area contributed by atoms with Gasteiger partial charge >= 0.3 is 0 Å². The molecule has 1 aromatic rings. The van der Waals surface area contributed by atoms with Crippen molar-refractivity contribution < 1.29 is 8.42 Å². The normalized spacial score (nSPS) is 13.4. The van der Waals surface area contributed by atoms with E-state index in [2.05, 4.69) is 5.32 Å². The zero-order valence-corrected chi connectivity index (χ0v) is 11.0. The van der Waals surface area contributed by atoms with E-state index in [-0.39, 0.29) is 5.38 Å². The lowest BCUT2D eigenvalue weighted by Crippen LogP contribution is -2.15. The smallest absolute Gasteiger partial charge is 0.177 e. The molecule has 1 aromatic carbocycles. The number of anilines is 1. The maximum Gasteiger partial charge on any atom is 0.177 e. The molecule has 1 N–H and O–H groups in total. The number of rotatable bonds is 5. The van der Waals surface area contributed by atoms with Crippen molar-refractivity contribution >= 4 is 27.1 Å². The molecular formula is C11H16ClNO2S. The Morgan fingerprint density at radius 3 is 2.56 bits per heavy atom. The number of alkyl halides is 1. The van der Waals surface area contributed by atoms with Crippen molar-refractivity contribution in [3.8, 4) is 0 Å². The molecule has 0 aromatic heterocycles. The van der Waals surface area contributed by atoms with Crippen LogP contribution in [0.2, 0.25) is 0 Å².